The van der Waals surface area contributed by atoms with E-state index in [0.717, 1.165) is 6.42 Å². The fraction of sp³-hybridized carbons (Fsp3) is 0.368. The number of carbonyl (C=O) groups is 1. The molecule has 28 heavy (non-hydrogen) atoms. The number of aromatic nitrogens is 2. The monoisotopic (exact) mass is 400 g/mol. The molecule has 1 fully saturated rings. The largest absolute Gasteiger partial charge is 0.493 e. The van der Waals surface area contributed by atoms with Gasteiger partial charge in [-0.1, -0.05) is 11.8 Å². The molecule has 0 amide bonds. The van der Waals surface area contributed by atoms with E-state index in [0.29, 0.717) is 46.7 Å². The lowest BCUT2D eigenvalue weighted by Gasteiger charge is -2.24. The van der Waals surface area contributed by atoms with Crippen LogP contribution in [0.3, 0.4) is 0 Å². The molecule has 3 rings (SSSR count). The van der Waals surface area contributed by atoms with E-state index in [9.17, 15) is 15.2 Å². The quantitative estimate of drug-likeness (QED) is 0.578. The van der Waals surface area contributed by atoms with Crippen molar-refractivity contribution in [3.8, 4) is 28.8 Å². The maximum atomic E-state index is 11.6. The van der Waals surface area contributed by atoms with Crippen molar-refractivity contribution in [3.63, 3.8) is 0 Å². The zero-order valence-electron chi connectivity index (χ0n) is 15.8. The van der Waals surface area contributed by atoms with Gasteiger partial charge in [-0.05, 0) is 37.3 Å². The van der Waals surface area contributed by atoms with Gasteiger partial charge in [-0.2, -0.15) is 5.26 Å². The molecule has 0 saturated carbocycles. The van der Waals surface area contributed by atoms with Crippen LogP contribution in [0.4, 0.5) is 5.82 Å². The summed E-state index contributed by atoms with van der Waals surface area (Å²) in [7, 11) is 3.08. The van der Waals surface area contributed by atoms with Crippen molar-refractivity contribution in [1.29, 1.82) is 5.26 Å². The first kappa shape index (κ1) is 19.8. The van der Waals surface area contributed by atoms with Crippen molar-refractivity contribution in [1.82, 2.24) is 9.97 Å². The van der Waals surface area contributed by atoms with Crippen molar-refractivity contribution in [2.75, 3.05) is 31.9 Å². The molecule has 1 N–H and O–H groups in total. The van der Waals surface area contributed by atoms with Crippen LogP contribution >= 0.6 is 11.8 Å². The minimum atomic E-state index is -0.918. The summed E-state index contributed by atoms with van der Waals surface area (Å²) in [6, 6.07) is 6.75. The number of aliphatic carboxylic acids is 1. The highest BCUT2D eigenvalue weighted by Crippen LogP contribution is 2.37. The summed E-state index contributed by atoms with van der Waals surface area (Å²) in [6.07, 6.45) is 3.08. The topological polar surface area (TPSA) is 109 Å². The minimum absolute atomic E-state index is 0.248. The molecule has 0 aliphatic carbocycles. The Morgan fingerprint density at radius 2 is 2.07 bits per heavy atom. The summed E-state index contributed by atoms with van der Waals surface area (Å²) < 4.78 is 10.6. The van der Waals surface area contributed by atoms with Gasteiger partial charge < -0.3 is 19.5 Å². The Morgan fingerprint density at radius 3 is 2.68 bits per heavy atom. The fourth-order valence-electron chi connectivity index (χ4n) is 3.30. The third-order valence-corrected chi connectivity index (χ3v) is 5.18. The molecule has 9 heteroatoms. The third kappa shape index (κ3) is 3.55. The number of carboxylic acid groups (broad SMARTS) is 1. The van der Waals surface area contributed by atoms with Gasteiger partial charge in [0.05, 0.1) is 19.9 Å². The van der Waals surface area contributed by atoms with Crippen molar-refractivity contribution >= 4 is 23.5 Å². The number of nitrogens with zero attached hydrogens (tertiary/aromatic N) is 4. The molecule has 2 heterocycles. The molecule has 8 nitrogen and oxygen atoms in total. The first-order chi connectivity index (χ1) is 13.5. The molecule has 1 aliphatic heterocycles. The highest BCUT2D eigenvalue weighted by molar-refractivity contribution is 7.98. The second-order valence-corrected chi connectivity index (χ2v) is 6.90. The van der Waals surface area contributed by atoms with Crippen LogP contribution in [0.15, 0.2) is 23.4 Å². The number of benzene rings is 1. The van der Waals surface area contributed by atoms with Crippen LogP contribution in [0, 0.1) is 11.3 Å². The predicted octanol–water partition coefficient (Wildman–Crippen LogP) is 2.81. The Balaban J connectivity index is 2.20. The third-order valence-electron chi connectivity index (χ3n) is 4.63. The molecular weight excluding hydrogens is 380 g/mol. The van der Waals surface area contributed by atoms with E-state index in [1.54, 1.807) is 30.2 Å². The Morgan fingerprint density at radius 1 is 1.32 bits per heavy atom. The van der Waals surface area contributed by atoms with Crippen LogP contribution in [0.5, 0.6) is 11.5 Å². The lowest BCUT2D eigenvalue weighted by molar-refractivity contribution is -0.138. The van der Waals surface area contributed by atoms with Gasteiger partial charge in [0.25, 0.3) is 0 Å². The summed E-state index contributed by atoms with van der Waals surface area (Å²) in [5.41, 5.74) is 1.35. The van der Waals surface area contributed by atoms with Crippen molar-refractivity contribution < 1.29 is 19.4 Å². The summed E-state index contributed by atoms with van der Waals surface area (Å²) in [5, 5.41) is 19.9. The Kier molecular flexibility index (Phi) is 5.90. The number of thioether (sulfide) groups is 1. The van der Waals surface area contributed by atoms with E-state index in [1.165, 1.54) is 18.9 Å². The van der Waals surface area contributed by atoms with Crippen molar-refractivity contribution in [2.24, 2.45) is 0 Å². The Hall–Kier alpha value is -2.99. The van der Waals surface area contributed by atoms with Gasteiger partial charge in [0.15, 0.2) is 22.5 Å². The van der Waals surface area contributed by atoms with Gasteiger partial charge in [-0.25, -0.2) is 14.8 Å². The molecule has 0 bridgehead atoms. The molecule has 1 atom stereocenters. The number of hydrogen-bond acceptors (Lipinski definition) is 8. The number of ether oxygens (including phenoxy) is 2. The molecule has 1 aromatic heterocycles. The second-order valence-electron chi connectivity index (χ2n) is 6.13. The van der Waals surface area contributed by atoms with Crippen LogP contribution < -0.4 is 14.4 Å². The van der Waals surface area contributed by atoms with E-state index >= 15 is 0 Å². The summed E-state index contributed by atoms with van der Waals surface area (Å²) in [6.45, 7) is 0.530. The van der Waals surface area contributed by atoms with E-state index in [4.69, 9.17) is 9.47 Å². The first-order valence-electron chi connectivity index (χ1n) is 8.62. The number of rotatable bonds is 6. The van der Waals surface area contributed by atoms with Gasteiger partial charge in [0, 0.05) is 12.1 Å². The van der Waals surface area contributed by atoms with Gasteiger partial charge in [0.2, 0.25) is 0 Å². The SMILES string of the molecule is COc1ccc(-c2nc(SC)nc(N3CCCC3C(=O)O)c2C#N)cc1OC. The molecule has 1 unspecified atom stereocenters. The van der Waals surface area contributed by atoms with E-state index in [2.05, 4.69) is 16.0 Å². The second kappa shape index (κ2) is 8.35. The average molecular weight is 400 g/mol. The number of nitriles is 1. The van der Waals surface area contributed by atoms with Crippen LogP contribution in [0.25, 0.3) is 11.3 Å². The molecule has 2 aromatic rings. The molecule has 0 spiro atoms. The molecule has 146 valence electrons. The summed E-state index contributed by atoms with van der Waals surface area (Å²) in [4.78, 5) is 22.3. The number of hydrogen-bond donors (Lipinski definition) is 1. The lowest BCUT2D eigenvalue weighted by atomic mass is 10.1. The molecule has 1 aromatic carbocycles. The van der Waals surface area contributed by atoms with Gasteiger partial charge in [0.1, 0.15) is 17.7 Å². The lowest BCUT2D eigenvalue weighted by Crippen LogP contribution is -2.37. The highest BCUT2D eigenvalue weighted by atomic mass is 32.2. The molecular formula is C19H20N4O4S. The molecule has 0 radical (unpaired) electrons. The number of anilines is 1. The van der Waals surface area contributed by atoms with Crippen LogP contribution in [-0.2, 0) is 4.79 Å². The highest BCUT2D eigenvalue weighted by Gasteiger charge is 2.34. The van der Waals surface area contributed by atoms with Gasteiger partial charge in [-0.15, -0.1) is 0 Å². The van der Waals surface area contributed by atoms with Crippen LogP contribution in [0.2, 0.25) is 0 Å². The number of carboxylic acids is 1. The van der Waals surface area contributed by atoms with Crippen LogP contribution in [0.1, 0.15) is 18.4 Å². The Bertz CT molecular complexity index is 944. The zero-order valence-corrected chi connectivity index (χ0v) is 16.6. The Labute approximate surface area is 167 Å². The minimum Gasteiger partial charge on any atom is -0.493 e. The number of methoxy groups -OCH3 is 2. The average Bonchev–Trinajstić information content (AvgIpc) is 3.22. The molecule has 1 saturated heterocycles. The van der Waals surface area contributed by atoms with Crippen molar-refractivity contribution in [2.45, 2.75) is 24.0 Å². The normalized spacial score (nSPS) is 15.9. The summed E-state index contributed by atoms with van der Waals surface area (Å²) >= 11 is 1.34. The molecule has 1 aliphatic rings. The van der Waals surface area contributed by atoms with E-state index < -0.39 is 12.0 Å². The predicted molar refractivity (Wildman–Crippen MR) is 105 cm³/mol. The van der Waals surface area contributed by atoms with E-state index in [-0.39, 0.29) is 5.56 Å². The maximum Gasteiger partial charge on any atom is 0.326 e. The van der Waals surface area contributed by atoms with Gasteiger partial charge >= 0.3 is 5.97 Å². The standard InChI is InChI=1S/C19H20N4O4S/c1-26-14-7-6-11(9-15(14)27-2)16-12(10-20)17(22-19(21-16)28-3)23-8-4-5-13(23)18(24)25/h6-7,9,13H,4-5,8H2,1-3H3,(H,24,25). The van der Waals surface area contributed by atoms with E-state index in [1.807, 2.05) is 6.26 Å². The smallest absolute Gasteiger partial charge is 0.326 e. The maximum absolute atomic E-state index is 11.6. The van der Waals surface area contributed by atoms with Crippen LogP contribution in [-0.4, -0.2) is 54.1 Å². The fourth-order valence-corrected chi connectivity index (χ4v) is 3.66. The summed E-state index contributed by atoms with van der Waals surface area (Å²) in [5.74, 6) is 0.517. The zero-order chi connectivity index (χ0) is 20.3. The first-order valence-corrected chi connectivity index (χ1v) is 9.84. The van der Waals surface area contributed by atoms with Crippen molar-refractivity contribution in [3.05, 3.63) is 23.8 Å². The van der Waals surface area contributed by atoms with Gasteiger partial charge in [-0.3, -0.25) is 0 Å².